The Morgan fingerprint density at radius 3 is 2.86 bits per heavy atom. The van der Waals surface area contributed by atoms with Crippen molar-refractivity contribution in [2.45, 2.75) is 27.2 Å². The standard InChI is InChI=1S/C10H13NO.C2H6/c1-2-8-3-4-9-10(7-8)12-6-5-11-9;1-2/h3-4,7,11H,2,5-6H2,1H3;1-2H3. The minimum atomic E-state index is 0.778. The molecular formula is C12H19NO. The zero-order chi connectivity index (χ0) is 10.4. The summed E-state index contributed by atoms with van der Waals surface area (Å²) in [6.07, 6.45) is 1.07. The Bertz CT molecular complexity index is 284. The van der Waals surface area contributed by atoms with E-state index in [0.29, 0.717) is 0 Å². The average Bonchev–Trinajstić information content (AvgIpc) is 2.31. The van der Waals surface area contributed by atoms with Gasteiger partial charge in [0.15, 0.2) is 0 Å². The molecule has 1 aliphatic rings. The average molecular weight is 193 g/mol. The fourth-order valence-corrected chi connectivity index (χ4v) is 1.40. The summed E-state index contributed by atoms with van der Waals surface area (Å²) in [5.74, 6) is 1.00. The third-order valence-corrected chi connectivity index (χ3v) is 2.13. The van der Waals surface area contributed by atoms with Crippen LogP contribution in [0.3, 0.4) is 0 Å². The summed E-state index contributed by atoms with van der Waals surface area (Å²) in [5.41, 5.74) is 2.45. The van der Waals surface area contributed by atoms with E-state index in [9.17, 15) is 0 Å². The molecule has 0 radical (unpaired) electrons. The molecule has 1 N–H and O–H groups in total. The molecule has 2 nitrogen and oxygen atoms in total. The van der Waals surface area contributed by atoms with Gasteiger partial charge >= 0.3 is 0 Å². The number of hydrogen-bond donors (Lipinski definition) is 1. The van der Waals surface area contributed by atoms with Crippen molar-refractivity contribution in [2.24, 2.45) is 0 Å². The first-order chi connectivity index (χ1) is 6.90. The van der Waals surface area contributed by atoms with E-state index in [1.54, 1.807) is 0 Å². The summed E-state index contributed by atoms with van der Waals surface area (Å²) in [4.78, 5) is 0. The number of nitrogens with one attached hydrogen (secondary N) is 1. The maximum absolute atomic E-state index is 5.50. The summed E-state index contributed by atoms with van der Waals surface area (Å²) in [6, 6.07) is 6.34. The zero-order valence-electron chi connectivity index (χ0n) is 9.26. The molecule has 1 aromatic rings. The van der Waals surface area contributed by atoms with Crippen LogP contribution in [0.2, 0.25) is 0 Å². The third-order valence-electron chi connectivity index (χ3n) is 2.13. The minimum Gasteiger partial charge on any atom is -0.490 e. The molecule has 0 fully saturated rings. The van der Waals surface area contributed by atoms with E-state index in [0.717, 1.165) is 31.0 Å². The Morgan fingerprint density at radius 2 is 2.14 bits per heavy atom. The summed E-state index contributed by atoms with van der Waals surface area (Å²) >= 11 is 0. The Kier molecular flexibility index (Phi) is 4.30. The van der Waals surface area contributed by atoms with Gasteiger partial charge in [-0.2, -0.15) is 0 Å². The molecule has 78 valence electrons. The largest absolute Gasteiger partial charge is 0.490 e. The van der Waals surface area contributed by atoms with Gasteiger partial charge in [-0.25, -0.2) is 0 Å². The zero-order valence-corrected chi connectivity index (χ0v) is 9.26. The molecule has 2 rings (SSSR count). The number of hydrogen-bond acceptors (Lipinski definition) is 2. The van der Waals surface area contributed by atoms with Crippen molar-refractivity contribution in [1.29, 1.82) is 0 Å². The van der Waals surface area contributed by atoms with Gasteiger partial charge in [0, 0.05) is 6.54 Å². The summed E-state index contributed by atoms with van der Waals surface area (Å²) in [5, 5.41) is 3.29. The van der Waals surface area contributed by atoms with Crippen LogP contribution in [0.4, 0.5) is 5.69 Å². The van der Waals surface area contributed by atoms with E-state index in [1.165, 1.54) is 5.56 Å². The number of fused-ring (bicyclic) bond motifs is 1. The lowest BCUT2D eigenvalue weighted by Gasteiger charge is -2.19. The number of rotatable bonds is 1. The maximum Gasteiger partial charge on any atom is 0.142 e. The third kappa shape index (κ3) is 2.41. The molecule has 0 saturated carbocycles. The van der Waals surface area contributed by atoms with Gasteiger partial charge in [-0.15, -0.1) is 0 Å². The second-order valence-corrected chi connectivity index (χ2v) is 2.96. The molecule has 0 aliphatic carbocycles. The quantitative estimate of drug-likeness (QED) is 0.740. The monoisotopic (exact) mass is 193 g/mol. The summed E-state index contributed by atoms with van der Waals surface area (Å²) < 4.78 is 5.50. The number of anilines is 1. The van der Waals surface area contributed by atoms with Crippen LogP contribution >= 0.6 is 0 Å². The van der Waals surface area contributed by atoms with Gasteiger partial charge in [0.2, 0.25) is 0 Å². The van der Waals surface area contributed by atoms with Crippen molar-refractivity contribution in [3.63, 3.8) is 0 Å². The molecule has 0 amide bonds. The van der Waals surface area contributed by atoms with E-state index < -0.39 is 0 Å². The molecule has 2 heteroatoms. The van der Waals surface area contributed by atoms with Gasteiger partial charge in [-0.05, 0) is 24.1 Å². The van der Waals surface area contributed by atoms with Crippen molar-refractivity contribution >= 4 is 5.69 Å². The first kappa shape index (κ1) is 10.9. The molecule has 0 aromatic heterocycles. The molecular weight excluding hydrogens is 174 g/mol. The van der Waals surface area contributed by atoms with E-state index in [1.807, 2.05) is 13.8 Å². The number of benzene rings is 1. The van der Waals surface area contributed by atoms with Crippen molar-refractivity contribution in [1.82, 2.24) is 0 Å². The smallest absolute Gasteiger partial charge is 0.142 e. The highest BCUT2D eigenvalue weighted by molar-refractivity contribution is 5.58. The molecule has 14 heavy (non-hydrogen) atoms. The van der Waals surface area contributed by atoms with E-state index in [4.69, 9.17) is 4.74 Å². The second-order valence-electron chi connectivity index (χ2n) is 2.96. The first-order valence-electron chi connectivity index (χ1n) is 5.40. The van der Waals surface area contributed by atoms with Crippen LogP contribution in [0.5, 0.6) is 5.75 Å². The first-order valence-corrected chi connectivity index (χ1v) is 5.40. The lowest BCUT2D eigenvalue weighted by molar-refractivity contribution is 0.323. The van der Waals surface area contributed by atoms with Gasteiger partial charge in [-0.1, -0.05) is 26.8 Å². The summed E-state index contributed by atoms with van der Waals surface area (Å²) in [6.45, 7) is 7.84. The minimum absolute atomic E-state index is 0.778. The molecule has 0 saturated heterocycles. The van der Waals surface area contributed by atoms with Gasteiger partial charge in [0.05, 0.1) is 5.69 Å². The molecule has 1 heterocycles. The molecule has 0 bridgehead atoms. The van der Waals surface area contributed by atoms with E-state index >= 15 is 0 Å². The molecule has 0 spiro atoms. The predicted molar refractivity (Wildman–Crippen MR) is 61.2 cm³/mol. The van der Waals surface area contributed by atoms with Crippen molar-refractivity contribution in [2.75, 3.05) is 18.5 Å². The fraction of sp³-hybridized carbons (Fsp3) is 0.500. The molecule has 1 aliphatic heterocycles. The Labute approximate surface area is 86.3 Å². The predicted octanol–water partition coefficient (Wildman–Crippen LogP) is 3.08. The highest BCUT2D eigenvalue weighted by atomic mass is 16.5. The van der Waals surface area contributed by atoms with Crippen LogP contribution in [-0.2, 0) is 6.42 Å². The van der Waals surface area contributed by atoms with Crippen molar-refractivity contribution in [3.8, 4) is 5.75 Å². The number of ether oxygens (including phenoxy) is 1. The van der Waals surface area contributed by atoms with Crippen molar-refractivity contribution < 1.29 is 4.74 Å². The fourth-order valence-electron chi connectivity index (χ4n) is 1.40. The topological polar surface area (TPSA) is 21.3 Å². The number of aryl methyl sites for hydroxylation is 1. The maximum atomic E-state index is 5.50. The van der Waals surface area contributed by atoms with Gasteiger partial charge in [-0.3, -0.25) is 0 Å². The van der Waals surface area contributed by atoms with Gasteiger partial charge in [0.25, 0.3) is 0 Å². The van der Waals surface area contributed by atoms with E-state index in [-0.39, 0.29) is 0 Å². The Balaban J connectivity index is 0.000000461. The highest BCUT2D eigenvalue weighted by Crippen LogP contribution is 2.27. The molecule has 0 atom stereocenters. The SMILES string of the molecule is CC.CCc1ccc2c(c1)OCCN2. The van der Waals surface area contributed by atoms with E-state index in [2.05, 4.69) is 30.4 Å². The molecule has 1 aromatic carbocycles. The lowest BCUT2D eigenvalue weighted by Crippen LogP contribution is -2.17. The van der Waals surface area contributed by atoms with Gasteiger partial charge < -0.3 is 10.1 Å². The van der Waals surface area contributed by atoms with Crippen molar-refractivity contribution in [3.05, 3.63) is 23.8 Å². The molecule has 0 unspecified atom stereocenters. The van der Waals surface area contributed by atoms with Crippen LogP contribution in [0, 0.1) is 0 Å². The lowest BCUT2D eigenvalue weighted by atomic mass is 10.1. The van der Waals surface area contributed by atoms with Crippen LogP contribution in [-0.4, -0.2) is 13.2 Å². The Morgan fingerprint density at radius 1 is 1.36 bits per heavy atom. The highest BCUT2D eigenvalue weighted by Gasteiger charge is 2.08. The van der Waals surface area contributed by atoms with Crippen LogP contribution in [0.1, 0.15) is 26.3 Å². The Hall–Kier alpha value is -1.18. The van der Waals surface area contributed by atoms with Crippen LogP contribution in [0.15, 0.2) is 18.2 Å². The second kappa shape index (κ2) is 5.53. The summed E-state index contributed by atoms with van der Waals surface area (Å²) in [7, 11) is 0. The van der Waals surface area contributed by atoms with Crippen LogP contribution < -0.4 is 10.1 Å². The normalized spacial score (nSPS) is 12.8. The van der Waals surface area contributed by atoms with Crippen LogP contribution in [0.25, 0.3) is 0 Å². The van der Waals surface area contributed by atoms with Gasteiger partial charge in [0.1, 0.15) is 12.4 Å².